The van der Waals surface area contributed by atoms with Crippen molar-refractivity contribution in [1.29, 1.82) is 0 Å². The summed E-state index contributed by atoms with van der Waals surface area (Å²) in [5.74, 6) is 1.56. The van der Waals surface area contributed by atoms with Gasteiger partial charge in [-0.15, -0.1) is 11.3 Å². The third kappa shape index (κ3) is 3.19. The second-order valence-electron chi connectivity index (χ2n) is 4.73. The van der Waals surface area contributed by atoms with E-state index in [1.807, 2.05) is 11.9 Å². The number of aliphatic hydroxyl groups is 1. The van der Waals surface area contributed by atoms with Gasteiger partial charge in [0.2, 0.25) is 5.95 Å². The Morgan fingerprint density at radius 1 is 1.35 bits per heavy atom. The number of aryl methyl sites for hydroxylation is 1. The van der Waals surface area contributed by atoms with E-state index in [1.165, 1.54) is 4.88 Å². The zero-order valence-corrected chi connectivity index (χ0v) is 13.1. The van der Waals surface area contributed by atoms with Gasteiger partial charge < -0.3 is 15.3 Å². The number of rotatable bonds is 7. The topological polar surface area (TPSA) is 61.3 Å². The van der Waals surface area contributed by atoms with Gasteiger partial charge in [-0.3, -0.25) is 0 Å². The van der Waals surface area contributed by atoms with E-state index in [9.17, 15) is 0 Å². The van der Waals surface area contributed by atoms with Gasteiger partial charge in [0.25, 0.3) is 0 Å². The van der Waals surface area contributed by atoms with Crippen LogP contribution in [0.4, 0.5) is 11.8 Å². The summed E-state index contributed by atoms with van der Waals surface area (Å²) in [6.07, 6.45) is 2.04. The van der Waals surface area contributed by atoms with E-state index >= 15 is 0 Å². The van der Waals surface area contributed by atoms with Crippen molar-refractivity contribution in [2.45, 2.75) is 26.7 Å². The summed E-state index contributed by atoms with van der Waals surface area (Å²) in [6, 6.07) is 2.16. The van der Waals surface area contributed by atoms with Gasteiger partial charge in [-0.05, 0) is 18.9 Å². The highest BCUT2D eigenvalue weighted by molar-refractivity contribution is 7.18. The van der Waals surface area contributed by atoms with E-state index in [1.54, 1.807) is 11.3 Å². The van der Waals surface area contributed by atoms with Gasteiger partial charge in [0.1, 0.15) is 10.6 Å². The highest BCUT2D eigenvalue weighted by atomic mass is 32.1. The number of anilines is 2. The van der Waals surface area contributed by atoms with Gasteiger partial charge in [0.05, 0.1) is 12.0 Å². The molecule has 0 bridgehead atoms. The highest BCUT2D eigenvalue weighted by Crippen LogP contribution is 2.31. The Labute approximate surface area is 123 Å². The lowest BCUT2D eigenvalue weighted by atomic mass is 10.3. The van der Waals surface area contributed by atoms with Gasteiger partial charge in [-0.1, -0.05) is 13.8 Å². The number of hydrogen-bond acceptors (Lipinski definition) is 6. The first-order valence-corrected chi connectivity index (χ1v) is 7.87. The minimum atomic E-state index is 0.116. The van der Waals surface area contributed by atoms with E-state index < -0.39 is 0 Å². The smallest absolute Gasteiger partial charge is 0.226 e. The quantitative estimate of drug-likeness (QED) is 0.821. The van der Waals surface area contributed by atoms with Crippen LogP contribution in [0.3, 0.4) is 0 Å². The van der Waals surface area contributed by atoms with Crippen LogP contribution in [-0.4, -0.2) is 41.8 Å². The van der Waals surface area contributed by atoms with Gasteiger partial charge in [0.15, 0.2) is 0 Å². The number of nitrogens with one attached hydrogen (secondary N) is 1. The largest absolute Gasteiger partial charge is 0.395 e. The molecule has 0 spiro atoms. The summed E-state index contributed by atoms with van der Waals surface area (Å²) in [7, 11) is 1.95. The van der Waals surface area contributed by atoms with E-state index in [0.29, 0.717) is 12.5 Å². The van der Waals surface area contributed by atoms with Gasteiger partial charge in [-0.25, -0.2) is 4.98 Å². The van der Waals surface area contributed by atoms with E-state index in [4.69, 9.17) is 5.11 Å². The Balaban J connectivity index is 2.46. The molecule has 0 aliphatic heterocycles. The van der Waals surface area contributed by atoms with Crippen LogP contribution in [0.2, 0.25) is 0 Å². The third-order valence-electron chi connectivity index (χ3n) is 3.10. The fourth-order valence-electron chi connectivity index (χ4n) is 1.99. The van der Waals surface area contributed by atoms with Crippen molar-refractivity contribution >= 4 is 33.3 Å². The average Bonchev–Trinajstić information content (AvgIpc) is 2.87. The number of thiophene rings is 1. The minimum Gasteiger partial charge on any atom is -0.395 e. The molecule has 6 heteroatoms. The molecule has 0 fully saturated rings. The predicted octanol–water partition coefficient (Wildman–Crippen LogP) is 2.50. The standard InChI is InChI=1S/C14H22N4OS/c1-4-6-15-14-16-12(18(3)7-8-19)11-9-10(5-2)20-13(11)17-14/h9,19H,4-8H2,1-3H3,(H,15,16,17). The molecule has 20 heavy (non-hydrogen) atoms. The lowest BCUT2D eigenvalue weighted by Crippen LogP contribution is -2.23. The molecule has 0 aliphatic rings. The first kappa shape index (κ1) is 15.0. The van der Waals surface area contributed by atoms with E-state index in [-0.39, 0.29) is 6.61 Å². The van der Waals surface area contributed by atoms with Gasteiger partial charge in [-0.2, -0.15) is 4.98 Å². The lowest BCUT2D eigenvalue weighted by Gasteiger charge is -2.18. The molecule has 0 saturated heterocycles. The Morgan fingerprint density at radius 3 is 2.80 bits per heavy atom. The van der Waals surface area contributed by atoms with Gasteiger partial charge >= 0.3 is 0 Å². The maximum Gasteiger partial charge on any atom is 0.226 e. The van der Waals surface area contributed by atoms with E-state index in [0.717, 1.165) is 35.4 Å². The van der Waals surface area contributed by atoms with Crippen molar-refractivity contribution < 1.29 is 5.11 Å². The number of hydrogen-bond donors (Lipinski definition) is 2. The molecular weight excluding hydrogens is 272 g/mol. The van der Waals surface area contributed by atoms with Crippen molar-refractivity contribution in [2.75, 3.05) is 37.0 Å². The molecule has 0 aliphatic carbocycles. The average molecular weight is 294 g/mol. The second kappa shape index (κ2) is 6.85. The van der Waals surface area contributed by atoms with Crippen LogP contribution < -0.4 is 10.2 Å². The number of fused-ring (bicyclic) bond motifs is 1. The zero-order valence-electron chi connectivity index (χ0n) is 12.3. The molecule has 2 rings (SSSR count). The summed E-state index contributed by atoms with van der Waals surface area (Å²) in [5, 5.41) is 13.5. The Hall–Kier alpha value is -1.40. The summed E-state index contributed by atoms with van der Waals surface area (Å²) < 4.78 is 0. The van der Waals surface area contributed by atoms with E-state index in [2.05, 4.69) is 35.2 Å². The van der Waals surface area contributed by atoms with Crippen LogP contribution in [0.5, 0.6) is 0 Å². The van der Waals surface area contributed by atoms with Crippen LogP contribution in [0.15, 0.2) is 6.07 Å². The fraction of sp³-hybridized carbons (Fsp3) is 0.571. The van der Waals surface area contributed by atoms with Crippen LogP contribution in [0.1, 0.15) is 25.1 Å². The van der Waals surface area contributed by atoms with Gasteiger partial charge in [0, 0.05) is 25.0 Å². The molecule has 0 atom stereocenters. The van der Waals surface area contributed by atoms with Crippen LogP contribution in [0, 0.1) is 0 Å². The first-order valence-electron chi connectivity index (χ1n) is 7.05. The third-order valence-corrected chi connectivity index (χ3v) is 4.28. The summed E-state index contributed by atoms with van der Waals surface area (Å²) in [5.41, 5.74) is 0. The number of aliphatic hydroxyl groups excluding tert-OH is 1. The van der Waals surface area contributed by atoms with Crippen LogP contribution >= 0.6 is 11.3 Å². The number of nitrogens with zero attached hydrogens (tertiary/aromatic N) is 3. The predicted molar refractivity (Wildman–Crippen MR) is 85.9 cm³/mol. The molecule has 2 heterocycles. The number of likely N-dealkylation sites (N-methyl/N-ethyl adjacent to an activating group) is 1. The van der Waals surface area contributed by atoms with Crippen molar-refractivity contribution in [3.8, 4) is 0 Å². The Morgan fingerprint density at radius 2 is 2.15 bits per heavy atom. The summed E-state index contributed by atoms with van der Waals surface area (Å²) >= 11 is 1.71. The molecule has 2 N–H and O–H groups in total. The normalized spacial score (nSPS) is 11.0. The molecule has 2 aromatic heterocycles. The minimum absolute atomic E-state index is 0.116. The molecule has 2 aromatic rings. The second-order valence-corrected chi connectivity index (χ2v) is 5.84. The Bertz CT molecular complexity index is 570. The highest BCUT2D eigenvalue weighted by Gasteiger charge is 2.14. The number of aromatic nitrogens is 2. The van der Waals surface area contributed by atoms with Crippen molar-refractivity contribution in [1.82, 2.24) is 9.97 Å². The zero-order chi connectivity index (χ0) is 14.5. The molecule has 110 valence electrons. The monoisotopic (exact) mass is 294 g/mol. The summed E-state index contributed by atoms with van der Waals surface area (Å²) in [4.78, 5) is 13.5. The molecule has 0 unspecified atom stereocenters. The molecule has 0 aromatic carbocycles. The molecule has 5 nitrogen and oxygen atoms in total. The van der Waals surface area contributed by atoms with Crippen molar-refractivity contribution in [2.24, 2.45) is 0 Å². The first-order chi connectivity index (χ1) is 9.69. The molecular formula is C14H22N4OS. The van der Waals surface area contributed by atoms with Crippen LogP contribution in [-0.2, 0) is 6.42 Å². The van der Waals surface area contributed by atoms with Crippen LogP contribution in [0.25, 0.3) is 10.2 Å². The molecule has 0 radical (unpaired) electrons. The van der Waals surface area contributed by atoms with Crippen molar-refractivity contribution in [3.05, 3.63) is 10.9 Å². The fourth-order valence-corrected chi connectivity index (χ4v) is 2.96. The van der Waals surface area contributed by atoms with Crippen molar-refractivity contribution in [3.63, 3.8) is 0 Å². The molecule has 0 amide bonds. The summed E-state index contributed by atoms with van der Waals surface area (Å²) in [6.45, 7) is 5.80. The lowest BCUT2D eigenvalue weighted by molar-refractivity contribution is 0.304. The molecule has 0 saturated carbocycles. The maximum atomic E-state index is 9.13. The Kier molecular flexibility index (Phi) is 5.14. The maximum absolute atomic E-state index is 9.13. The SMILES string of the molecule is CCCNc1nc(N(C)CCO)c2cc(CC)sc2n1.